The zero-order chi connectivity index (χ0) is 19.2. The van der Waals surface area contributed by atoms with Crippen LogP contribution >= 0.6 is 0 Å². The monoisotopic (exact) mass is 377 g/mol. The van der Waals surface area contributed by atoms with Crippen LogP contribution in [0.25, 0.3) is 11.1 Å². The van der Waals surface area contributed by atoms with E-state index in [4.69, 9.17) is 0 Å². The number of aliphatic hydroxyl groups is 1. The van der Waals surface area contributed by atoms with Crippen LogP contribution in [0.2, 0.25) is 0 Å². The number of nitrogens with zero attached hydrogens (tertiary/aromatic N) is 2. The van der Waals surface area contributed by atoms with Gasteiger partial charge in [0.1, 0.15) is 17.7 Å². The molecule has 1 unspecified atom stereocenters. The maximum atomic E-state index is 14.6. The van der Waals surface area contributed by atoms with Gasteiger partial charge in [-0.3, -0.25) is 10.00 Å². The second-order valence-corrected chi connectivity index (χ2v) is 6.44. The largest absolute Gasteiger partial charge is 0.433 e. The summed E-state index contributed by atoms with van der Waals surface area (Å²) in [7, 11) is 0. The van der Waals surface area contributed by atoms with Crippen molar-refractivity contribution in [2.45, 2.75) is 25.5 Å². The molecule has 2 heterocycles. The molecule has 0 saturated heterocycles. The quantitative estimate of drug-likeness (QED) is 0.672. The normalized spacial score (nSPS) is 17.3. The number of rotatable bonds is 3. The highest BCUT2D eigenvalue weighted by atomic mass is 19.4. The van der Waals surface area contributed by atoms with Crippen molar-refractivity contribution < 1.29 is 22.7 Å². The molecule has 4 rings (SSSR count). The molecule has 1 aliphatic heterocycles. The van der Waals surface area contributed by atoms with Crippen LogP contribution < -0.4 is 0 Å². The molecule has 1 aromatic heterocycles. The number of benzene rings is 2. The Hall–Kier alpha value is -2.71. The maximum absolute atomic E-state index is 14.6. The van der Waals surface area contributed by atoms with Crippen molar-refractivity contribution in [3.8, 4) is 11.1 Å². The Morgan fingerprint density at radius 2 is 1.96 bits per heavy atom. The van der Waals surface area contributed by atoms with E-state index in [2.05, 4.69) is 5.10 Å². The van der Waals surface area contributed by atoms with Gasteiger partial charge in [-0.25, -0.2) is 4.39 Å². The Morgan fingerprint density at radius 3 is 2.67 bits per heavy atom. The van der Waals surface area contributed by atoms with Crippen LogP contribution in [-0.2, 0) is 19.3 Å². The highest BCUT2D eigenvalue weighted by molar-refractivity contribution is 5.66. The third-order valence-corrected chi connectivity index (χ3v) is 4.71. The first-order valence-corrected chi connectivity index (χ1v) is 8.24. The van der Waals surface area contributed by atoms with Gasteiger partial charge in [0.2, 0.25) is 0 Å². The van der Waals surface area contributed by atoms with E-state index >= 15 is 0 Å². The molecule has 3 aromatic rings. The van der Waals surface area contributed by atoms with E-state index in [0.29, 0.717) is 12.1 Å². The van der Waals surface area contributed by atoms with E-state index in [1.807, 2.05) is 29.4 Å². The van der Waals surface area contributed by atoms with E-state index in [9.17, 15) is 22.7 Å². The zero-order valence-electron chi connectivity index (χ0n) is 14.0. The summed E-state index contributed by atoms with van der Waals surface area (Å²) in [4.78, 5) is 1.70. The fraction of sp³-hybridized carbons (Fsp3) is 0.211. The van der Waals surface area contributed by atoms with Crippen LogP contribution in [0.15, 0.2) is 48.7 Å². The fourth-order valence-corrected chi connectivity index (χ4v) is 3.36. The number of H-pyrrole nitrogens is 1. The van der Waals surface area contributed by atoms with Crippen molar-refractivity contribution >= 4 is 0 Å². The molecule has 8 heteroatoms. The molecule has 140 valence electrons. The molecule has 0 aliphatic carbocycles. The summed E-state index contributed by atoms with van der Waals surface area (Å²) >= 11 is 0. The first-order chi connectivity index (χ1) is 12.8. The SMILES string of the molecule is OC1c2ccccc2CN1Cc1ccc(-c2cn[nH]c2C(F)(F)F)cc1F. The van der Waals surface area contributed by atoms with Crippen LogP contribution in [0.5, 0.6) is 0 Å². The summed E-state index contributed by atoms with van der Waals surface area (Å²) in [5, 5.41) is 15.7. The molecule has 1 atom stereocenters. The standard InChI is InChI=1S/C19H15F4N3O/c20-16-7-11(15-8-24-25-17(15)19(21,22)23)5-6-13(16)10-26-9-12-3-1-2-4-14(12)18(26)27/h1-8,18,27H,9-10H2,(H,24,25). The molecule has 0 amide bonds. The molecule has 0 spiro atoms. The fourth-order valence-electron chi connectivity index (χ4n) is 3.36. The first-order valence-electron chi connectivity index (χ1n) is 8.24. The van der Waals surface area contributed by atoms with Crippen LogP contribution in [0.3, 0.4) is 0 Å². The number of halogens is 4. The highest BCUT2D eigenvalue weighted by Crippen LogP contribution is 2.37. The van der Waals surface area contributed by atoms with E-state index in [1.54, 1.807) is 4.90 Å². The van der Waals surface area contributed by atoms with Gasteiger partial charge in [0, 0.05) is 24.2 Å². The molecular weight excluding hydrogens is 362 g/mol. The average Bonchev–Trinajstić information content (AvgIpc) is 3.23. The Morgan fingerprint density at radius 1 is 1.19 bits per heavy atom. The molecule has 0 fully saturated rings. The third-order valence-electron chi connectivity index (χ3n) is 4.71. The van der Waals surface area contributed by atoms with Crippen LogP contribution in [-0.4, -0.2) is 20.2 Å². The summed E-state index contributed by atoms with van der Waals surface area (Å²) in [6.45, 7) is 0.609. The molecule has 2 N–H and O–H groups in total. The summed E-state index contributed by atoms with van der Waals surface area (Å²) in [6.07, 6.45) is -4.42. The van der Waals surface area contributed by atoms with Crippen molar-refractivity contribution in [1.82, 2.24) is 15.1 Å². The van der Waals surface area contributed by atoms with Crippen molar-refractivity contribution in [2.75, 3.05) is 0 Å². The van der Waals surface area contributed by atoms with Gasteiger partial charge in [0.15, 0.2) is 0 Å². The molecule has 4 nitrogen and oxygen atoms in total. The number of nitrogens with one attached hydrogen (secondary N) is 1. The number of aliphatic hydroxyl groups excluding tert-OH is 1. The van der Waals surface area contributed by atoms with E-state index in [1.165, 1.54) is 12.1 Å². The molecule has 0 saturated carbocycles. The third kappa shape index (κ3) is 3.22. The number of alkyl halides is 3. The van der Waals surface area contributed by atoms with Gasteiger partial charge in [-0.15, -0.1) is 0 Å². The van der Waals surface area contributed by atoms with Crippen molar-refractivity contribution in [3.05, 3.63) is 76.9 Å². The van der Waals surface area contributed by atoms with Crippen molar-refractivity contribution in [3.63, 3.8) is 0 Å². The number of aromatic nitrogens is 2. The van der Waals surface area contributed by atoms with Crippen LogP contribution in [0, 0.1) is 5.82 Å². The predicted molar refractivity (Wildman–Crippen MR) is 89.6 cm³/mol. The minimum atomic E-state index is -4.60. The Labute approximate surface area is 152 Å². The predicted octanol–water partition coefficient (Wildman–Crippen LogP) is 4.24. The van der Waals surface area contributed by atoms with Gasteiger partial charge in [0.05, 0.1) is 6.20 Å². The van der Waals surface area contributed by atoms with Gasteiger partial charge < -0.3 is 5.11 Å². The minimum Gasteiger partial charge on any atom is -0.374 e. The summed E-state index contributed by atoms with van der Waals surface area (Å²) in [5.74, 6) is -0.634. The lowest BCUT2D eigenvalue weighted by Gasteiger charge is -2.21. The molecular formula is C19H15F4N3O. The van der Waals surface area contributed by atoms with Gasteiger partial charge in [-0.1, -0.05) is 36.4 Å². The summed E-state index contributed by atoms with van der Waals surface area (Å²) < 4.78 is 53.5. The van der Waals surface area contributed by atoms with Crippen LogP contribution in [0.4, 0.5) is 17.6 Å². The lowest BCUT2D eigenvalue weighted by atomic mass is 10.0. The molecule has 1 aliphatic rings. The molecule has 27 heavy (non-hydrogen) atoms. The summed E-state index contributed by atoms with van der Waals surface area (Å²) in [5.41, 5.74) is 0.907. The lowest BCUT2D eigenvalue weighted by Crippen LogP contribution is -2.21. The van der Waals surface area contributed by atoms with Crippen molar-refractivity contribution in [1.29, 1.82) is 0 Å². The van der Waals surface area contributed by atoms with E-state index in [0.717, 1.165) is 23.4 Å². The Kier molecular flexibility index (Phi) is 4.24. The van der Waals surface area contributed by atoms with Gasteiger partial charge >= 0.3 is 6.18 Å². The van der Waals surface area contributed by atoms with Crippen molar-refractivity contribution in [2.24, 2.45) is 0 Å². The number of fused-ring (bicyclic) bond motifs is 1. The zero-order valence-corrected chi connectivity index (χ0v) is 14.0. The minimum absolute atomic E-state index is 0.0857. The van der Waals surface area contributed by atoms with Crippen LogP contribution in [0.1, 0.15) is 28.6 Å². The second-order valence-electron chi connectivity index (χ2n) is 6.44. The number of hydrogen-bond acceptors (Lipinski definition) is 3. The average molecular weight is 377 g/mol. The second kappa shape index (κ2) is 6.47. The van der Waals surface area contributed by atoms with E-state index < -0.39 is 23.9 Å². The van der Waals surface area contributed by atoms with Gasteiger partial charge in [-0.05, 0) is 22.8 Å². The first kappa shape index (κ1) is 17.7. The molecule has 0 bridgehead atoms. The highest BCUT2D eigenvalue weighted by Gasteiger charge is 2.36. The summed E-state index contributed by atoms with van der Waals surface area (Å²) in [6, 6.07) is 11.3. The van der Waals surface area contributed by atoms with Gasteiger partial charge in [-0.2, -0.15) is 18.3 Å². The van der Waals surface area contributed by atoms with E-state index in [-0.39, 0.29) is 17.7 Å². The smallest absolute Gasteiger partial charge is 0.374 e. The number of aromatic amines is 1. The topological polar surface area (TPSA) is 52.1 Å². The lowest BCUT2D eigenvalue weighted by molar-refractivity contribution is -0.140. The maximum Gasteiger partial charge on any atom is 0.433 e. The molecule has 2 aromatic carbocycles. The molecule has 0 radical (unpaired) electrons. The Bertz CT molecular complexity index is 983. The Balaban J connectivity index is 1.58. The van der Waals surface area contributed by atoms with Gasteiger partial charge in [0.25, 0.3) is 0 Å². The number of hydrogen-bond donors (Lipinski definition) is 2.